The number of nitrogens with zero attached hydrogens (tertiary/aromatic N) is 3. The first kappa shape index (κ1) is 20.2. The number of aryl methyl sites for hydroxylation is 2. The fourth-order valence-electron chi connectivity index (χ4n) is 3.20. The summed E-state index contributed by atoms with van der Waals surface area (Å²) >= 11 is 0. The molecule has 1 aromatic heterocycles. The summed E-state index contributed by atoms with van der Waals surface area (Å²) in [5.41, 5.74) is 2.62. The predicted octanol–water partition coefficient (Wildman–Crippen LogP) is 3.08. The van der Waals surface area contributed by atoms with Crippen LogP contribution in [-0.2, 0) is 17.8 Å². The van der Waals surface area contributed by atoms with Crippen LogP contribution in [0.25, 0.3) is 0 Å². The molecule has 0 bridgehead atoms. The Hall–Kier alpha value is -2.55. The van der Waals surface area contributed by atoms with Crippen molar-refractivity contribution < 1.29 is 27.2 Å². The lowest BCUT2D eigenvalue weighted by atomic mass is 10.1. The van der Waals surface area contributed by atoms with Crippen LogP contribution in [0.1, 0.15) is 22.6 Å². The Morgan fingerprint density at radius 2 is 1.79 bits per heavy atom. The lowest BCUT2D eigenvalue weighted by Gasteiger charge is -2.34. The van der Waals surface area contributed by atoms with Crippen LogP contribution in [0.15, 0.2) is 28.8 Å². The van der Waals surface area contributed by atoms with Gasteiger partial charge in [0.1, 0.15) is 11.5 Å². The van der Waals surface area contributed by atoms with Crippen LogP contribution in [0.3, 0.4) is 0 Å². The van der Waals surface area contributed by atoms with Crippen molar-refractivity contribution in [3.05, 3.63) is 46.8 Å². The van der Waals surface area contributed by atoms with Crippen molar-refractivity contribution in [2.24, 2.45) is 0 Å². The number of hydrogen-bond acceptors (Lipinski definition) is 5. The summed E-state index contributed by atoms with van der Waals surface area (Å²) in [5, 5.41) is 3.96. The lowest BCUT2D eigenvalue weighted by molar-refractivity contribution is -0.274. The van der Waals surface area contributed by atoms with Gasteiger partial charge in [-0.1, -0.05) is 17.3 Å². The standard InChI is InChI=1S/C19H22F3N3O3/c1-13-17(14(2)28-23-13)12-24-7-9-25(10-8-24)18(26)11-15-3-5-16(6-4-15)27-19(20,21)22/h3-6H,7-12H2,1-2H3. The molecule has 2 aromatic rings. The molecule has 0 radical (unpaired) electrons. The van der Waals surface area contributed by atoms with Gasteiger partial charge < -0.3 is 14.2 Å². The van der Waals surface area contributed by atoms with E-state index in [1.807, 2.05) is 13.8 Å². The van der Waals surface area contributed by atoms with Gasteiger partial charge >= 0.3 is 6.36 Å². The van der Waals surface area contributed by atoms with Crippen LogP contribution >= 0.6 is 0 Å². The van der Waals surface area contributed by atoms with E-state index >= 15 is 0 Å². The molecule has 1 fully saturated rings. The molecule has 0 aliphatic carbocycles. The van der Waals surface area contributed by atoms with E-state index < -0.39 is 6.36 Å². The zero-order chi connectivity index (χ0) is 20.3. The summed E-state index contributed by atoms with van der Waals surface area (Å²) in [7, 11) is 0. The van der Waals surface area contributed by atoms with Crippen LogP contribution in [-0.4, -0.2) is 53.4 Å². The van der Waals surface area contributed by atoms with Gasteiger partial charge in [0.25, 0.3) is 0 Å². The first-order chi connectivity index (χ1) is 13.2. The van der Waals surface area contributed by atoms with E-state index in [1.54, 1.807) is 4.90 Å². The third-order valence-electron chi connectivity index (χ3n) is 4.80. The molecule has 1 amide bonds. The van der Waals surface area contributed by atoms with Crippen LogP contribution in [0.5, 0.6) is 5.75 Å². The van der Waals surface area contributed by atoms with E-state index in [0.29, 0.717) is 18.7 Å². The van der Waals surface area contributed by atoms with Crippen molar-refractivity contribution in [1.82, 2.24) is 15.0 Å². The van der Waals surface area contributed by atoms with Gasteiger partial charge in [-0.3, -0.25) is 9.69 Å². The number of benzene rings is 1. The number of amides is 1. The third-order valence-corrected chi connectivity index (χ3v) is 4.80. The minimum atomic E-state index is -4.72. The molecule has 0 atom stereocenters. The molecule has 1 aliphatic rings. The number of carbonyl (C=O) groups excluding carboxylic acids is 1. The van der Waals surface area contributed by atoms with Gasteiger partial charge in [-0.2, -0.15) is 0 Å². The molecule has 0 saturated carbocycles. The van der Waals surface area contributed by atoms with Crippen molar-refractivity contribution in [2.75, 3.05) is 26.2 Å². The second-order valence-electron chi connectivity index (χ2n) is 6.83. The molecule has 6 nitrogen and oxygen atoms in total. The van der Waals surface area contributed by atoms with E-state index in [2.05, 4.69) is 14.8 Å². The molecule has 9 heteroatoms. The summed E-state index contributed by atoms with van der Waals surface area (Å²) in [6, 6.07) is 5.40. The van der Waals surface area contributed by atoms with E-state index in [-0.39, 0.29) is 18.1 Å². The van der Waals surface area contributed by atoms with Crippen LogP contribution in [0, 0.1) is 13.8 Å². The van der Waals surface area contributed by atoms with Crippen molar-refractivity contribution >= 4 is 5.91 Å². The summed E-state index contributed by atoms with van der Waals surface area (Å²) in [6.45, 7) is 7.25. The van der Waals surface area contributed by atoms with Gasteiger partial charge in [-0.05, 0) is 31.5 Å². The van der Waals surface area contributed by atoms with Crippen molar-refractivity contribution in [3.63, 3.8) is 0 Å². The van der Waals surface area contributed by atoms with Gasteiger partial charge in [0.15, 0.2) is 0 Å². The van der Waals surface area contributed by atoms with Gasteiger partial charge in [0.2, 0.25) is 5.91 Å². The lowest BCUT2D eigenvalue weighted by Crippen LogP contribution is -2.48. The number of piperazine rings is 1. The number of ether oxygens (including phenoxy) is 1. The smallest absolute Gasteiger partial charge is 0.406 e. The first-order valence-corrected chi connectivity index (χ1v) is 8.98. The zero-order valence-electron chi connectivity index (χ0n) is 15.8. The van der Waals surface area contributed by atoms with Crippen LogP contribution in [0.4, 0.5) is 13.2 Å². The maximum absolute atomic E-state index is 12.5. The number of aromatic nitrogens is 1. The van der Waals surface area contributed by atoms with Gasteiger partial charge in [0, 0.05) is 38.3 Å². The monoisotopic (exact) mass is 397 g/mol. The molecule has 152 valence electrons. The highest BCUT2D eigenvalue weighted by atomic mass is 19.4. The Labute approximate surface area is 160 Å². The average molecular weight is 397 g/mol. The Morgan fingerprint density at radius 3 is 2.32 bits per heavy atom. The van der Waals surface area contributed by atoms with Crippen LogP contribution in [0.2, 0.25) is 0 Å². The zero-order valence-corrected chi connectivity index (χ0v) is 15.8. The number of hydrogen-bond donors (Lipinski definition) is 0. The summed E-state index contributed by atoms with van der Waals surface area (Å²) in [4.78, 5) is 16.5. The average Bonchev–Trinajstić information content (AvgIpc) is 2.95. The summed E-state index contributed by atoms with van der Waals surface area (Å²) < 4.78 is 45.6. The Morgan fingerprint density at radius 1 is 1.14 bits per heavy atom. The maximum Gasteiger partial charge on any atom is 0.573 e. The maximum atomic E-state index is 12.5. The second-order valence-corrected chi connectivity index (χ2v) is 6.83. The van der Waals surface area contributed by atoms with Gasteiger partial charge in [-0.15, -0.1) is 13.2 Å². The van der Waals surface area contributed by atoms with Crippen molar-refractivity contribution in [1.29, 1.82) is 0 Å². The van der Waals surface area contributed by atoms with E-state index in [9.17, 15) is 18.0 Å². The van der Waals surface area contributed by atoms with Gasteiger partial charge in [0.05, 0.1) is 12.1 Å². The number of halogens is 3. The molecular formula is C19H22F3N3O3. The van der Waals surface area contributed by atoms with E-state index in [1.165, 1.54) is 24.3 Å². The Bertz CT molecular complexity index is 791. The Kier molecular flexibility index (Phi) is 5.93. The number of carbonyl (C=O) groups is 1. The molecule has 0 N–H and O–H groups in total. The molecular weight excluding hydrogens is 375 g/mol. The molecule has 3 rings (SSSR count). The third kappa shape index (κ3) is 5.25. The highest BCUT2D eigenvalue weighted by molar-refractivity contribution is 5.79. The molecule has 28 heavy (non-hydrogen) atoms. The quantitative estimate of drug-likeness (QED) is 0.776. The molecule has 0 unspecified atom stereocenters. The van der Waals surface area contributed by atoms with Gasteiger partial charge in [-0.25, -0.2) is 0 Å². The molecule has 1 aromatic carbocycles. The predicted molar refractivity (Wildman–Crippen MR) is 94.7 cm³/mol. The van der Waals surface area contributed by atoms with Crippen LogP contribution < -0.4 is 4.74 Å². The topological polar surface area (TPSA) is 58.8 Å². The van der Waals surface area contributed by atoms with Crippen molar-refractivity contribution in [2.45, 2.75) is 33.2 Å². The normalized spacial score (nSPS) is 15.7. The fourth-order valence-corrected chi connectivity index (χ4v) is 3.20. The molecule has 2 heterocycles. The Balaban J connectivity index is 1.48. The minimum absolute atomic E-state index is 0.0403. The van der Waals surface area contributed by atoms with Crippen molar-refractivity contribution in [3.8, 4) is 5.75 Å². The highest BCUT2D eigenvalue weighted by Gasteiger charge is 2.31. The summed E-state index contributed by atoms with van der Waals surface area (Å²) in [6.07, 6.45) is -4.57. The number of rotatable bonds is 5. The van der Waals surface area contributed by atoms with E-state index in [0.717, 1.165) is 36.7 Å². The molecule has 1 saturated heterocycles. The highest BCUT2D eigenvalue weighted by Crippen LogP contribution is 2.23. The molecule has 1 aliphatic heterocycles. The fraction of sp³-hybridized carbons (Fsp3) is 0.474. The second kappa shape index (κ2) is 8.22. The molecule has 0 spiro atoms. The SMILES string of the molecule is Cc1noc(C)c1CN1CCN(C(=O)Cc2ccc(OC(F)(F)F)cc2)CC1. The number of alkyl halides is 3. The summed E-state index contributed by atoms with van der Waals surface area (Å²) in [5.74, 6) is 0.479. The largest absolute Gasteiger partial charge is 0.573 e. The van der Waals surface area contributed by atoms with E-state index in [4.69, 9.17) is 4.52 Å². The first-order valence-electron chi connectivity index (χ1n) is 8.98. The minimum Gasteiger partial charge on any atom is -0.406 e.